The summed E-state index contributed by atoms with van der Waals surface area (Å²) < 4.78 is 171. The fourth-order valence-electron chi connectivity index (χ4n) is 2.85. The fourth-order valence-corrected chi connectivity index (χ4v) is 2.85. The van der Waals surface area contributed by atoms with Crippen LogP contribution in [0, 0.1) is 0 Å². The van der Waals surface area contributed by atoms with Gasteiger partial charge in [-0.2, -0.15) is 52.7 Å². The number of carboxylic acids is 2. The molecule has 16 heteroatoms. The Morgan fingerprint density at radius 3 is 1.03 bits per heavy atom. The molecule has 0 aliphatic rings. The van der Waals surface area contributed by atoms with Crippen LogP contribution < -0.4 is 0 Å². The van der Waals surface area contributed by atoms with E-state index in [1.54, 1.807) is 0 Å². The Bertz CT molecular complexity index is 1090. The average molecular weight is 542 g/mol. The number of benzene rings is 2. The van der Waals surface area contributed by atoms with E-state index < -0.39 is 69.7 Å². The highest BCUT2D eigenvalue weighted by Crippen LogP contribution is 2.63. The molecule has 0 bridgehead atoms. The van der Waals surface area contributed by atoms with Crippen LogP contribution in [-0.2, 0) is 11.8 Å². The highest BCUT2D eigenvalue weighted by atomic mass is 19.4. The molecular weight excluding hydrogens is 532 g/mol. The Hall–Kier alpha value is -3.46. The molecule has 0 heterocycles. The van der Waals surface area contributed by atoms with Crippen LogP contribution >= 0.6 is 0 Å². The third-order valence-electron chi connectivity index (χ3n) is 4.92. The van der Waals surface area contributed by atoms with Gasteiger partial charge >= 0.3 is 47.5 Å². The molecule has 0 spiro atoms. The molecule has 0 unspecified atom stereocenters. The average Bonchev–Trinajstić information content (AvgIpc) is 2.78. The quantitative estimate of drug-likeness (QED) is 0.355. The Labute approximate surface area is 191 Å². The van der Waals surface area contributed by atoms with E-state index in [1.807, 2.05) is 0 Å². The first-order valence-corrected chi connectivity index (χ1v) is 9.02. The lowest BCUT2D eigenvalue weighted by Gasteiger charge is -2.41. The third kappa shape index (κ3) is 4.01. The second-order valence-electron chi connectivity index (χ2n) is 7.22. The van der Waals surface area contributed by atoms with Gasteiger partial charge in [-0.3, -0.25) is 0 Å². The van der Waals surface area contributed by atoms with Crippen molar-refractivity contribution in [1.29, 1.82) is 0 Å². The third-order valence-corrected chi connectivity index (χ3v) is 4.92. The summed E-state index contributed by atoms with van der Waals surface area (Å²) in [6.45, 7) is 0. The zero-order valence-corrected chi connectivity index (χ0v) is 16.9. The first-order valence-electron chi connectivity index (χ1n) is 9.02. The van der Waals surface area contributed by atoms with Gasteiger partial charge in [-0.15, -0.1) is 0 Å². The van der Waals surface area contributed by atoms with E-state index in [-0.39, 0.29) is 24.3 Å². The van der Waals surface area contributed by atoms with Crippen LogP contribution in [0.5, 0.6) is 0 Å². The van der Waals surface area contributed by atoms with Crippen molar-refractivity contribution < 1.29 is 72.5 Å². The number of alkyl halides is 12. The fraction of sp³-hybridized carbons (Fsp3) is 0.300. The maximum atomic E-state index is 14.3. The van der Waals surface area contributed by atoms with Crippen molar-refractivity contribution in [2.75, 3.05) is 0 Å². The van der Waals surface area contributed by atoms with Crippen LogP contribution in [0.3, 0.4) is 0 Å². The molecule has 0 atom stereocenters. The number of aromatic carboxylic acids is 2. The highest BCUT2D eigenvalue weighted by molar-refractivity contribution is 5.88. The van der Waals surface area contributed by atoms with Crippen LogP contribution in [0.25, 0.3) is 0 Å². The minimum Gasteiger partial charge on any atom is -0.478 e. The van der Waals surface area contributed by atoms with Gasteiger partial charge in [0.15, 0.2) is 0 Å². The zero-order chi connectivity index (χ0) is 28.1. The van der Waals surface area contributed by atoms with E-state index in [4.69, 9.17) is 10.2 Å². The second kappa shape index (κ2) is 8.58. The maximum Gasteiger partial charge on any atom is 0.385 e. The molecule has 0 aliphatic carbocycles. The summed E-state index contributed by atoms with van der Waals surface area (Å²) >= 11 is 0. The van der Waals surface area contributed by atoms with Crippen LogP contribution in [0.4, 0.5) is 52.7 Å². The molecule has 0 fully saturated rings. The summed E-state index contributed by atoms with van der Waals surface area (Å²) in [7, 11) is 0. The molecule has 2 aromatic rings. The van der Waals surface area contributed by atoms with Gasteiger partial charge in [0, 0.05) is 11.1 Å². The van der Waals surface area contributed by atoms with E-state index in [2.05, 4.69) is 0 Å². The van der Waals surface area contributed by atoms with E-state index >= 15 is 0 Å². The lowest BCUT2D eigenvalue weighted by atomic mass is 9.86. The summed E-state index contributed by atoms with van der Waals surface area (Å²) in [6.07, 6.45) is 0. The SMILES string of the molecule is O=C(O)c1cccc(C(F)(F)C(F)(F)C(F)(F)C(F)(F)C(F)(F)C(F)(F)c2cccc(C(=O)O)c2)c1. The minimum absolute atomic E-state index is 0.112. The van der Waals surface area contributed by atoms with Crippen molar-refractivity contribution in [2.45, 2.75) is 35.5 Å². The molecule has 36 heavy (non-hydrogen) atoms. The summed E-state index contributed by atoms with van der Waals surface area (Å²) in [6, 6.07) is 0.745. The van der Waals surface area contributed by atoms with Crippen LogP contribution in [0.15, 0.2) is 48.5 Å². The van der Waals surface area contributed by atoms with Gasteiger partial charge in [0.1, 0.15) is 0 Å². The molecule has 0 aromatic heterocycles. The maximum absolute atomic E-state index is 14.3. The van der Waals surface area contributed by atoms with Gasteiger partial charge in [0.2, 0.25) is 0 Å². The molecule has 4 nitrogen and oxygen atoms in total. The summed E-state index contributed by atoms with van der Waals surface area (Å²) in [4.78, 5) is 21.6. The number of hydrogen-bond donors (Lipinski definition) is 2. The van der Waals surface area contributed by atoms with Gasteiger partial charge in [0.05, 0.1) is 11.1 Å². The number of carboxylic acid groups (broad SMARTS) is 2. The van der Waals surface area contributed by atoms with Gasteiger partial charge in [-0.1, -0.05) is 24.3 Å². The Morgan fingerprint density at radius 1 is 0.500 bits per heavy atom. The number of hydrogen-bond acceptors (Lipinski definition) is 2. The Morgan fingerprint density at radius 2 is 0.778 bits per heavy atom. The van der Waals surface area contributed by atoms with E-state index in [1.165, 1.54) is 0 Å². The lowest BCUT2D eigenvalue weighted by Crippen LogP contribution is -2.69. The van der Waals surface area contributed by atoms with Crippen molar-refractivity contribution in [1.82, 2.24) is 0 Å². The molecular formula is C20H10F12O4. The van der Waals surface area contributed by atoms with Crippen LogP contribution in [-0.4, -0.2) is 45.8 Å². The standard InChI is InChI=1S/C20H10F12O4/c21-15(22,11-5-1-3-9(7-11)13(33)34)17(25,26)19(29,30)20(31,32)18(27,28)16(23,24)12-6-2-4-10(8-12)14(35)36/h1-8H,(H,33,34)(H,35,36). The minimum atomic E-state index is -7.89. The predicted molar refractivity (Wildman–Crippen MR) is 94.4 cm³/mol. The monoisotopic (exact) mass is 542 g/mol. The topological polar surface area (TPSA) is 74.6 Å². The predicted octanol–water partition coefficient (Wildman–Crippen LogP) is 6.51. The summed E-state index contributed by atoms with van der Waals surface area (Å²) in [5.41, 5.74) is -7.08. The largest absolute Gasteiger partial charge is 0.478 e. The van der Waals surface area contributed by atoms with Gasteiger partial charge < -0.3 is 10.2 Å². The lowest BCUT2D eigenvalue weighted by molar-refractivity contribution is -0.429. The van der Waals surface area contributed by atoms with Gasteiger partial charge in [-0.25, -0.2) is 9.59 Å². The molecule has 0 saturated carbocycles. The normalized spacial score (nSPS) is 14.0. The van der Waals surface area contributed by atoms with Crippen molar-refractivity contribution in [2.24, 2.45) is 0 Å². The highest BCUT2D eigenvalue weighted by Gasteiger charge is 2.90. The second-order valence-corrected chi connectivity index (χ2v) is 7.22. The summed E-state index contributed by atoms with van der Waals surface area (Å²) in [5.74, 6) is -47.8. The van der Waals surface area contributed by atoms with Gasteiger partial charge in [0.25, 0.3) is 0 Å². The molecule has 0 amide bonds. The van der Waals surface area contributed by atoms with Crippen LogP contribution in [0.2, 0.25) is 0 Å². The molecule has 0 radical (unpaired) electrons. The first-order chi connectivity index (χ1) is 16.1. The van der Waals surface area contributed by atoms with Crippen molar-refractivity contribution in [3.63, 3.8) is 0 Å². The Balaban J connectivity index is 2.66. The first kappa shape index (κ1) is 28.8. The van der Waals surface area contributed by atoms with Crippen molar-refractivity contribution >= 4 is 11.9 Å². The number of halogens is 12. The smallest absolute Gasteiger partial charge is 0.385 e. The Kier molecular flexibility index (Phi) is 6.86. The van der Waals surface area contributed by atoms with E-state index in [0.29, 0.717) is 24.3 Å². The molecule has 0 saturated heterocycles. The van der Waals surface area contributed by atoms with Gasteiger partial charge in [-0.05, 0) is 24.3 Å². The van der Waals surface area contributed by atoms with Crippen LogP contribution in [0.1, 0.15) is 31.8 Å². The van der Waals surface area contributed by atoms with Crippen molar-refractivity contribution in [3.8, 4) is 0 Å². The number of rotatable bonds is 9. The zero-order valence-electron chi connectivity index (χ0n) is 16.9. The van der Waals surface area contributed by atoms with Crippen molar-refractivity contribution in [3.05, 3.63) is 70.8 Å². The molecule has 0 aliphatic heterocycles. The summed E-state index contributed by atoms with van der Waals surface area (Å²) in [5, 5.41) is 17.4. The number of carbonyl (C=O) groups is 2. The van der Waals surface area contributed by atoms with E-state index in [9.17, 15) is 62.3 Å². The molecule has 198 valence electrons. The molecule has 2 N–H and O–H groups in total. The van der Waals surface area contributed by atoms with E-state index in [0.717, 1.165) is 0 Å². The molecule has 2 rings (SSSR count). The molecule has 2 aromatic carbocycles.